The van der Waals surface area contributed by atoms with E-state index in [9.17, 15) is 0 Å². The molecular formula is C46H31NS. The monoisotopic (exact) mass is 629 g/mol. The molecule has 0 N–H and O–H groups in total. The van der Waals surface area contributed by atoms with Crippen LogP contribution in [0.3, 0.4) is 0 Å². The number of nitrogens with zero attached hydrogens (tertiary/aromatic N) is 1. The summed E-state index contributed by atoms with van der Waals surface area (Å²) in [6, 6.07) is 54.5. The first kappa shape index (κ1) is 28.4. The second-order valence-electron chi connectivity index (χ2n) is 12.3. The van der Waals surface area contributed by atoms with Crippen molar-refractivity contribution in [3.8, 4) is 21.6 Å². The summed E-state index contributed by atoms with van der Waals surface area (Å²) in [7, 11) is 0. The normalized spacial score (nSPS) is 15.5. The van der Waals surface area contributed by atoms with E-state index in [-0.39, 0.29) is 0 Å². The molecule has 0 fully saturated rings. The molecule has 9 rings (SSSR count). The van der Waals surface area contributed by atoms with E-state index in [1.54, 1.807) is 0 Å². The number of rotatable bonds is 4. The van der Waals surface area contributed by atoms with Crippen molar-refractivity contribution in [3.05, 3.63) is 208 Å². The first-order chi connectivity index (χ1) is 23.8. The molecule has 6 aromatic carbocycles. The highest BCUT2D eigenvalue weighted by molar-refractivity contribution is 7.22. The van der Waals surface area contributed by atoms with Crippen LogP contribution in [0.4, 0.5) is 0 Å². The Hall–Kier alpha value is -5.83. The predicted molar refractivity (Wildman–Crippen MR) is 205 cm³/mol. The molecule has 226 valence electrons. The van der Waals surface area contributed by atoms with Crippen molar-refractivity contribution in [2.24, 2.45) is 4.99 Å². The summed E-state index contributed by atoms with van der Waals surface area (Å²) in [5.41, 5.74) is 13.1. The van der Waals surface area contributed by atoms with Crippen molar-refractivity contribution in [3.63, 3.8) is 0 Å². The van der Waals surface area contributed by atoms with Crippen LogP contribution in [0, 0.1) is 0 Å². The van der Waals surface area contributed by atoms with E-state index >= 15 is 0 Å². The highest BCUT2D eigenvalue weighted by Crippen LogP contribution is 2.47. The number of allylic oxidation sites excluding steroid dienone is 3. The SMILES string of the molecule is C1=CC(c2cccc(C3=CCc4ccccc4-c4sc5ccccc5c43)c2)=N/C(c2ccc(-c3ccccc3)cc2)=c2/cccc/c2=C\1. The Balaban J connectivity index is 1.19. The molecule has 0 radical (unpaired) electrons. The smallest absolute Gasteiger partial charge is 0.0787 e. The summed E-state index contributed by atoms with van der Waals surface area (Å²) in [6.07, 6.45) is 9.80. The van der Waals surface area contributed by atoms with Gasteiger partial charge in [-0.05, 0) is 63.2 Å². The van der Waals surface area contributed by atoms with Crippen LogP contribution >= 0.6 is 11.3 Å². The van der Waals surface area contributed by atoms with Crippen LogP contribution in [0.15, 0.2) is 175 Å². The van der Waals surface area contributed by atoms with Gasteiger partial charge >= 0.3 is 0 Å². The molecule has 2 heterocycles. The molecule has 1 aromatic heterocycles. The Labute approximate surface area is 284 Å². The Morgan fingerprint density at radius 2 is 1.27 bits per heavy atom. The number of thiophene rings is 1. The molecule has 2 aliphatic rings. The third-order valence-electron chi connectivity index (χ3n) is 9.37. The number of aliphatic imine (C=N–C) groups is 1. The quantitative estimate of drug-likeness (QED) is 0.184. The maximum absolute atomic E-state index is 5.45. The van der Waals surface area contributed by atoms with Gasteiger partial charge in [0.25, 0.3) is 0 Å². The van der Waals surface area contributed by atoms with E-state index in [2.05, 4.69) is 176 Å². The maximum atomic E-state index is 5.45. The van der Waals surface area contributed by atoms with Crippen LogP contribution in [0.25, 0.3) is 49.0 Å². The van der Waals surface area contributed by atoms with Gasteiger partial charge in [0, 0.05) is 36.9 Å². The fraction of sp³-hybridized carbons (Fsp3) is 0.0217. The number of fused-ring (bicyclic) bond motifs is 6. The topological polar surface area (TPSA) is 12.4 Å². The molecule has 1 nitrogen and oxygen atoms in total. The first-order valence-corrected chi connectivity index (χ1v) is 17.3. The Bertz CT molecular complexity index is 2560. The Morgan fingerprint density at radius 1 is 0.562 bits per heavy atom. The molecule has 1 aliphatic heterocycles. The van der Waals surface area contributed by atoms with Crippen LogP contribution in [0.1, 0.15) is 27.8 Å². The van der Waals surface area contributed by atoms with Crippen LogP contribution in [0.5, 0.6) is 0 Å². The van der Waals surface area contributed by atoms with Crippen molar-refractivity contribution in [2.75, 3.05) is 0 Å². The highest BCUT2D eigenvalue weighted by atomic mass is 32.1. The second kappa shape index (κ2) is 12.1. The zero-order valence-corrected chi connectivity index (χ0v) is 27.1. The summed E-state index contributed by atoms with van der Waals surface area (Å²) in [5, 5.41) is 3.60. The number of hydrogen-bond donors (Lipinski definition) is 0. The van der Waals surface area contributed by atoms with Gasteiger partial charge in [0.05, 0.1) is 11.4 Å². The summed E-state index contributed by atoms with van der Waals surface area (Å²) in [6.45, 7) is 0. The van der Waals surface area contributed by atoms with Gasteiger partial charge in [0.15, 0.2) is 0 Å². The van der Waals surface area contributed by atoms with E-state index in [1.807, 2.05) is 11.3 Å². The van der Waals surface area contributed by atoms with Gasteiger partial charge in [-0.3, -0.25) is 0 Å². The molecule has 7 aromatic rings. The van der Waals surface area contributed by atoms with Crippen molar-refractivity contribution in [1.29, 1.82) is 0 Å². The third-order valence-corrected chi connectivity index (χ3v) is 10.6. The molecule has 1 aliphatic carbocycles. The lowest BCUT2D eigenvalue weighted by atomic mass is 9.92. The summed E-state index contributed by atoms with van der Waals surface area (Å²) < 4.78 is 1.32. The molecule has 0 spiro atoms. The summed E-state index contributed by atoms with van der Waals surface area (Å²) in [4.78, 5) is 6.80. The van der Waals surface area contributed by atoms with E-state index < -0.39 is 0 Å². The Kier molecular flexibility index (Phi) is 7.14. The van der Waals surface area contributed by atoms with Gasteiger partial charge in [-0.25, -0.2) is 4.99 Å². The minimum Gasteiger partial charge on any atom is -0.247 e. The van der Waals surface area contributed by atoms with Crippen molar-refractivity contribution >= 4 is 44.5 Å². The molecule has 0 atom stereocenters. The molecule has 0 saturated heterocycles. The average molecular weight is 630 g/mol. The lowest BCUT2D eigenvalue weighted by Crippen LogP contribution is -2.27. The second-order valence-corrected chi connectivity index (χ2v) is 13.3. The lowest BCUT2D eigenvalue weighted by molar-refractivity contribution is 1.29. The minimum atomic E-state index is 0.898. The highest BCUT2D eigenvalue weighted by Gasteiger charge is 2.23. The van der Waals surface area contributed by atoms with Gasteiger partial charge in [-0.15, -0.1) is 11.3 Å². The lowest BCUT2D eigenvalue weighted by Gasteiger charge is -2.13. The van der Waals surface area contributed by atoms with Gasteiger partial charge in [-0.2, -0.15) is 0 Å². The molecule has 2 heteroatoms. The van der Waals surface area contributed by atoms with Crippen LogP contribution in [0.2, 0.25) is 0 Å². The van der Waals surface area contributed by atoms with Crippen molar-refractivity contribution < 1.29 is 0 Å². The zero-order chi connectivity index (χ0) is 31.9. The molecule has 48 heavy (non-hydrogen) atoms. The van der Waals surface area contributed by atoms with Crippen molar-refractivity contribution in [2.45, 2.75) is 6.42 Å². The fourth-order valence-electron chi connectivity index (χ4n) is 7.00. The van der Waals surface area contributed by atoms with E-state index in [1.165, 1.54) is 53.9 Å². The summed E-state index contributed by atoms with van der Waals surface area (Å²) >= 11 is 1.90. The molecule has 0 unspecified atom stereocenters. The van der Waals surface area contributed by atoms with Crippen LogP contribution in [-0.4, -0.2) is 5.71 Å². The predicted octanol–water partition coefficient (Wildman–Crippen LogP) is 10.2. The van der Waals surface area contributed by atoms with Crippen LogP contribution < -0.4 is 10.4 Å². The van der Waals surface area contributed by atoms with Gasteiger partial charge in [-0.1, -0.05) is 158 Å². The van der Waals surface area contributed by atoms with Gasteiger partial charge < -0.3 is 0 Å². The van der Waals surface area contributed by atoms with E-state index in [0.717, 1.165) is 39.4 Å². The zero-order valence-electron chi connectivity index (χ0n) is 26.3. The largest absolute Gasteiger partial charge is 0.247 e. The van der Waals surface area contributed by atoms with Crippen molar-refractivity contribution in [1.82, 2.24) is 0 Å². The van der Waals surface area contributed by atoms with E-state index in [4.69, 9.17) is 4.99 Å². The molecular weight excluding hydrogens is 599 g/mol. The van der Waals surface area contributed by atoms with Gasteiger partial charge in [0.1, 0.15) is 0 Å². The molecule has 0 amide bonds. The van der Waals surface area contributed by atoms with Crippen LogP contribution in [-0.2, 0) is 6.42 Å². The first-order valence-electron chi connectivity index (χ1n) is 16.4. The molecule has 0 saturated carbocycles. The average Bonchev–Trinajstić information content (AvgIpc) is 3.44. The fourth-order valence-corrected chi connectivity index (χ4v) is 8.27. The number of hydrogen-bond acceptors (Lipinski definition) is 2. The number of benzene rings is 6. The third kappa shape index (κ3) is 5.08. The standard InChI is InChI=1S/C46H31NS/c1-2-12-31(13-3-1)32-24-26-35(27-25-32)45-39-19-6-4-14-33(39)16-11-22-42(47-45)37-18-10-17-36(30-37)38-29-28-34-15-5-7-20-40(34)46-44(38)41-21-8-9-23-43(41)48-46/h1-27,29-30H,28H2/b16-11?,22-11?,33-16+,42-22?,45-39-,47-42?,47-45?. The minimum absolute atomic E-state index is 0.898. The summed E-state index contributed by atoms with van der Waals surface area (Å²) in [5.74, 6) is 0. The van der Waals surface area contributed by atoms with E-state index in [0.29, 0.717) is 0 Å². The van der Waals surface area contributed by atoms with Gasteiger partial charge in [0.2, 0.25) is 0 Å². The molecule has 0 bridgehead atoms. The Morgan fingerprint density at radius 3 is 2.19 bits per heavy atom. The maximum Gasteiger partial charge on any atom is 0.0787 e.